The van der Waals surface area contributed by atoms with Crippen LogP contribution in [0, 0.1) is 0 Å². The molecule has 3 nitrogen and oxygen atoms in total. The van der Waals surface area contributed by atoms with Crippen molar-refractivity contribution in [2.75, 3.05) is 5.73 Å². The molecule has 76 valence electrons. The number of anilines is 1. The van der Waals surface area contributed by atoms with Gasteiger partial charge in [-0.2, -0.15) is 0 Å². The van der Waals surface area contributed by atoms with Gasteiger partial charge in [-0.1, -0.05) is 12.1 Å². The highest BCUT2D eigenvalue weighted by Gasteiger charge is 2.01. The average molecular weight is 265 g/mol. The van der Waals surface area contributed by atoms with Crippen molar-refractivity contribution >= 4 is 21.7 Å². The first-order valence-electron chi connectivity index (χ1n) is 4.39. The van der Waals surface area contributed by atoms with Crippen LogP contribution < -0.4 is 10.5 Å². The zero-order valence-corrected chi connectivity index (χ0v) is 9.44. The van der Waals surface area contributed by atoms with Gasteiger partial charge in [0.25, 0.3) is 0 Å². The maximum atomic E-state index is 5.60. The van der Waals surface area contributed by atoms with E-state index >= 15 is 0 Å². The Balaban J connectivity index is 2.22. The van der Waals surface area contributed by atoms with Crippen LogP contribution in [0.2, 0.25) is 0 Å². The molecule has 0 fully saturated rings. The van der Waals surface area contributed by atoms with Gasteiger partial charge in [-0.05, 0) is 40.2 Å². The monoisotopic (exact) mass is 264 g/mol. The molecule has 0 amide bonds. The summed E-state index contributed by atoms with van der Waals surface area (Å²) in [5, 5.41) is 0. The van der Waals surface area contributed by atoms with E-state index in [4.69, 9.17) is 10.5 Å². The van der Waals surface area contributed by atoms with Crippen molar-refractivity contribution in [1.29, 1.82) is 0 Å². The zero-order valence-electron chi connectivity index (χ0n) is 7.85. The lowest BCUT2D eigenvalue weighted by Gasteiger charge is -2.06. The molecule has 0 spiro atoms. The van der Waals surface area contributed by atoms with Crippen molar-refractivity contribution in [1.82, 2.24) is 4.98 Å². The molecule has 0 aliphatic rings. The van der Waals surface area contributed by atoms with E-state index in [1.165, 1.54) is 0 Å². The third-order valence-corrected chi connectivity index (χ3v) is 2.48. The molecule has 1 aromatic carbocycles. The molecular weight excluding hydrogens is 256 g/mol. The van der Waals surface area contributed by atoms with Gasteiger partial charge in [0.05, 0.1) is 10.7 Å². The number of ether oxygens (including phenoxy) is 1. The second kappa shape index (κ2) is 4.31. The van der Waals surface area contributed by atoms with E-state index in [9.17, 15) is 0 Å². The number of hydrogen-bond donors (Lipinski definition) is 1. The minimum atomic E-state index is 0.481. The van der Waals surface area contributed by atoms with E-state index in [2.05, 4.69) is 20.9 Å². The van der Waals surface area contributed by atoms with Crippen molar-refractivity contribution in [2.45, 2.75) is 0 Å². The number of aromatic nitrogens is 1. The van der Waals surface area contributed by atoms with Crippen LogP contribution in [-0.4, -0.2) is 4.98 Å². The maximum absolute atomic E-state index is 5.60. The number of rotatable bonds is 2. The lowest BCUT2D eigenvalue weighted by atomic mass is 10.3. The zero-order chi connectivity index (χ0) is 10.7. The molecule has 2 aromatic rings. The van der Waals surface area contributed by atoms with E-state index in [0.717, 1.165) is 10.2 Å². The Kier molecular flexibility index (Phi) is 2.87. The van der Waals surface area contributed by atoms with Gasteiger partial charge in [-0.15, -0.1) is 0 Å². The molecule has 0 radical (unpaired) electrons. The number of benzene rings is 1. The smallest absolute Gasteiger partial charge is 0.145 e. The summed E-state index contributed by atoms with van der Waals surface area (Å²) in [4.78, 5) is 3.94. The van der Waals surface area contributed by atoms with Gasteiger partial charge < -0.3 is 10.5 Å². The van der Waals surface area contributed by atoms with Crippen molar-refractivity contribution in [3.05, 3.63) is 47.1 Å². The maximum Gasteiger partial charge on any atom is 0.145 e. The van der Waals surface area contributed by atoms with Crippen LogP contribution in [-0.2, 0) is 0 Å². The Bertz CT molecular complexity index is 456. The van der Waals surface area contributed by atoms with Gasteiger partial charge in [0, 0.05) is 0 Å². The number of nitrogens with zero attached hydrogens (tertiary/aromatic N) is 1. The van der Waals surface area contributed by atoms with Gasteiger partial charge in [-0.3, -0.25) is 0 Å². The molecule has 0 saturated carbocycles. The SMILES string of the molecule is Nc1ccc(Oc2ccccc2Br)cn1. The summed E-state index contributed by atoms with van der Waals surface area (Å²) in [6.45, 7) is 0. The molecular formula is C11H9BrN2O. The van der Waals surface area contributed by atoms with Gasteiger partial charge in [-0.25, -0.2) is 4.98 Å². The number of hydrogen-bond acceptors (Lipinski definition) is 3. The summed E-state index contributed by atoms with van der Waals surface area (Å²) in [6.07, 6.45) is 1.59. The number of pyridine rings is 1. The Labute approximate surface area is 96.0 Å². The first-order chi connectivity index (χ1) is 7.25. The van der Waals surface area contributed by atoms with Crippen molar-refractivity contribution in [3.63, 3.8) is 0 Å². The summed E-state index contributed by atoms with van der Waals surface area (Å²) < 4.78 is 6.50. The van der Waals surface area contributed by atoms with E-state index < -0.39 is 0 Å². The molecule has 0 aliphatic heterocycles. The van der Waals surface area contributed by atoms with Crippen LogP contribution in [0.1, 0.15) is 0 Å². The van der Waals surface area contributed by atoms with Crippen LogP contribution in [0.15, 0.2) is 47.1 Å². The number of nitrogen functional groups attached to an aromatic ring is 1. The first kappa shape index (κ1) is 9.98. The molecule has 1 aromatic heterocycles. The Hall–Kier alpha value is -1.55. The molecule has 0 unspecified atom stereocenters. The molecule has 2 N–H and O–H groups in total. The van der Waals surface area contributed by atoms with Crippen LogP contribution in [0.5, 0.6) is 11.5 Å². The van der Waals surface area contributed by atoms with Crippen molar-refractivity contribution in [3.8, 4) is 11.5 Å². The fourth-order valence-corrected chi connectivity index (χ4v) is 1.47. The Morgan fingerprint density at radius 2 is 1.93 bits per heavy atom. The lowest BCUT2D eigenvalue weighted by molar-refractivity contribution is 0.477. The number of halogens is 1. The van der Waals surface area contributed by atoms with E-state index in [-0.39, 0.29) is 0 Å². The highest BCUT2D eigenvalue weighted by atomic mass is 79.9. The number of nitrogens with two attached hydrogens (primary N) is 1. The molecule has 2 rings (SSSR count). The van der Waals surface area contributed by atoms with E-state index in [1.54, 1.807) is 18.3 Å². The van der Waals surface area contributed by atoms with Crippen LogP contribution in [0.3, 0.4) is 0 Å². The van der Waals surface area contributed by atoms with Crippen LogP contribution in [0.4, 0.5) is 5.82 Å². The Morgan fingerprint density at radius 3 is 2.60 bits per heavy atom. The molecule has 15 heavy (non-hydrogen) atoms. The minimum absolute atomic E-state index is 0.481. The standard InChI is InChI=1S/C11H9BrN2O/c12-9-3-1-2-4-10(9)15-8-5-6-11(13)14-7-8/h1-7H,(H2,13,14). The second-order valence-corrected chi connectivity index (χ2v) is 3.81. The second-order valence-electron chi connectivity index (χ2n) is 2.95. The molecule has 0 bridgehead atoms. The minimum Gasteiger partial charge on any atom is -0.455 e. The highest BCUT2D eigenvalue weighted by Crippen LogP contribution is 2.28. The molecule has 0 aliphatic carbocycles. The number of para-hydroxylation sites is 1. The molecule has 4 heteroatoms. The van der Waals surface area contributed by atoms with E-state index in [0.29, 0.717) is 11.6 Å². The van der Waals surface area contributed by atoms with Crippen molar-refractivity contribution in [2.24, 2.45) is 0 Å². The first-order valence-corrected chi connectivity index (χ1v) is 5.19. The normalized spacial score (nSPS) is 9.93. The molecule has 1 heterocycles. The third-order valence-electron chi connectivity index (χ3n) is 1.82. The largest absolute Gasteiger partial charge is 0.455 e. The van der Waals surface area contributed by atoms with Gasteiger partial charge >= 0.3 is 0 Å². The van der Waals surface area contributed by atoms with Gasteiger partial charge in [0.15, 0.2) is 0 Å². The lowest BCUT2D eigenvalue weighted by Crippen LogP contribution is -1.90. The topological polar surface area (TPSA) is 48.1 Å². The Morgan fingerprint density at radius 1 is 1.13 bits per heavy atom. The van der Waals surface area contributed by atoms with Gasteiger partial charge in [0.1, 0.15) is 17.3 Å². The molecule has 0 saturated heterocycles. The predicted octanol–water partition coefficient (Wildman–Crippen LogP) is 3.22. The summed E-state index contributed by atoms with van der Waals surface area (Å²) in [5.41, 5.74) is 5.47. The summed E-state index contributed by atoms with van der Waals surface area (Å²) >= 11 is 3.40. The third kappa shape index (κ3) is 2.47. The fraction of sp³-hybridized carbons (Fsp3) is 0. The quantitative estimate of drug-likeness (QED) is 0.906. The van der Waals surface area contributed by atoms with Gasteiger partial charge in [0.2, 0.25) is 0 Å². The predicted molar refractivity (Wildman–Crippen MR) is 62.9 cm³/mol. The van der Waals surface area contributed by atoms with Crippen molar-refractivity contribution < 1.29 is 4.74 Å². The highest BCUT2D eigenvalue weighted by molar-refractivity contribution is 9.10. The average Bonchev–Trinajstić information content (AvgIpc) is 2.25. The molecule has 0 atom stereocenters. The summed E-state index contributed by atoms with van der Waals surface area (Å²) in [7, 11) is 0. The summed E-state index contributed by atoms with van der Waals surface area (Å²) in [5.74, 6) is 1.90. The van der Waals surface area contributed by atoms with E-state index in [1.807, 2.05) is 24.3 Å². The van der Waals surface area contributed by atoms with Crippen LogP contribution >= 0.6 is 15.9 Å². The fourth-order valence-electron chi connectivity index (χ4n) is 1.11. The van der Waals surface area contributed by atoms with Crippen LogP contribution in [0.25, 0.3) is 0 Å². The summed E-state index contributed by atoms with van der Waals surface area (Å²) in [6, 6.07) is 11.1.